The van der Waals surface area contributed by atoms with Crippen LogP contribution in [0, 0.1) is 0 Å². The van der Waals surface area contributed by atoms with E-state index in [1.807, 2.05) is 0 Å². The molecule has 1 nitrogen and oxygen atoms in total. The molecule has 1 saturated heterocycles. The smallest absolute Gasteiger partial charge is 0.380 e. The Morgan fingerprint density at radius 2 is 2.12 bits per heavy atom. The molecule has 6 heteroatoms. The Labute approximate surface area is 107 Å². The van der Waals surface area contributed by atoms with Crippen molar-refractivity contribution >= 4 is 29.1 Å². The molecule has 0 radical (unpaired) electrons. The second-order valence-electron chi connectivity index (χ2n) is 3.90. The Morgan fingerprint density at radius 1 is 1.35 bits per heavy atom. The molecule has 1 aliphatic rings. The Morgan fingerprint density at radius 3 is 2.71 bits per heavy atom. The average molecular weight is 282 g/mol. The van der Waals surface area contributed by atoms with Gasteiger partial charge in [-0.3, -0.25) is 0 Å². The highest BCUT2D eigenvalue weighted by Gasteiger charge is 2.31. The number of hydrogen-bond donors (Lipinski definition) is 1. The van der Waals surface area contributed by atoms with Gasteiger partial charge in [-0.2, -0.15) is 24.9 Å². The van der Waals surface area contributed by atoms with Crippen molar-refractivity contribution < 1.29 is 13.2 Å². The first-order valence-corrected chi connectivity index (χ1v) is 6.71. The minimum Gasteiger partial charge on any atom is -0.380 e. The van der Waals surface area contributed by atoms with E-state index in [9.17, 15) is 13.2 Å². The fraction of sp³-hybridized carbons (Fsp3) is 0.455. The first-order chi connectivity index (χ1) is 7.97. The Kier molecular flexibility index (Phi) is 3.78. The molecule has 1 unspecified atom stereocenters. The first-order valence-electron chi connectivity index (χ1n) is 5.18. The van der Waals surface area contributed by atoms with Crippen LogP contribution in [0.1, 0.15) is 12.0 Å². The summed E-state index contributed by atoms with van der Waals surface area (Å²) in [6, 6.07) is 3.57. The molecular formula is C11H11ClF3NS. The minimum atomic E-state index is -4.33. The molecule has 0 saturated carbocycles. The topological polar surface area (TPSA) is 12.0 Å². The summed E-state index contributed by atoms with van der Waals surface area (Å²) in [6.45, 7) is 0. The Bertz CT molecular complexity index is 402. The van der Waals surface area contributed by atoms with Crippen molar-refractivity contribution in [1.82, 2.24) is 0 Å². The lowest BCUT2D eigenvalue weighted by molar-refractivity contribution is -0.137. The Balaban J connectivity index is 2.20. The fourth-order valence-electron chi connectivity index (χ4n) is 1.68. The van der Waals surface area contributed by atoms with Gasteiger partial charge in [-0.25, -0.2) is 0 Å². The summed E-state index contributed by atoms with van der Waals surface area (Å²) in [7, 11) is 0. The third kappa shape index (κ3) is 3.22. The number of nitrogens with one attached hydrogen (secondary N) is 1. The third-order valence-corrected chi connectivity index (χ3v) is 4.08. The predicted molar refractivity (Wildman–Crippen MR) is 65.8 cm³/mol. The van der Waals surface area contributed by atoms with Gasteiger partial charge in [0.25, 0.3) is 0 Å². The van der Waals surface area contributed by atoms with Gasteiger partial charge in [0, 0.05) is 11.8 Å². The van der Waals surface area contributed by atoms with E-state index >= 15 is 0 Å². The van der Waals surface area contributed by atoms with E-state index in [0.717, 1.165) is 30.1 Å². The molecule has 0 spiro atoms. The van der Waals surface area contributed by atoms with Crippen LogP contribution >= 0.6 is 23.4 Å². The molecular weight excluding hydrogens is 271 g/mol. The zero-order valence-corrected chi connectivity index (χ0v) is 10.4. The van der Waals surface area contributed by atoms with Crippen LogP contribution in [-0.4, -0.2) is 17.5 Å². The summed E-state index contributed by atoms with van der Waals surface area (Å²) in [5.74, 6) is 1.95. The maximum atomic E-state index is 12.5. The zero-order valence-electron chi connectivity index (χ0n) is 8.85. The van der Waals surface area contributed by atoms with Gasteiger partial charge in [0.15, 0.2) is 0 Å². The fourth-order valence-corrected chi connectivity index (χ4v) is 3.00. The number of halogens is 4. The van der Waals surface area contributed by atoms with Crippen molar-refractivity contribution in [3.63, 3.8) is 0 Å². The lowest BCUT2D eigenvalue weighted by Crippen LogP contribution is -2.18. The quantitative estimate of drug-likeness (QED) is 0.868. The SMILES string of the molecule is FC(F)(F)c1ccc(Cl)c(NC2CCSC2)c1. The number of alkyl halides is 3. The van der Waals surface area contributed by atoms with E-state index in [-0.39, 0.29) is 6.04 Å². The highest BCUT2D eigenvalue weighted by Crippen LogP contribution is 2.34. The van der Waals surface area contributed by atoms with Crippen LogP contribution in [0.4, 0.5) is 18.9 Å². The van der Waals surface area contributed by atoms with Gasteiger partial charge >= 0.3 is 6.18 Å². The molecule has 0 aromatic heterocycles. The van der Waals surface area contributed by atoms with Gasteiger partial charge in [0.2, 0.25) is 0 Å². The van der Waals surface area contributed by atoms with Gasteiger partial charge in [0.1, 0.15) is 0 Å². The molecule has 1 aromatic rings. The van der Waals surface area contributed by atoms with E-state index < -0.39 is 11.7 Å². The van der Waals surface area contributed by atoms with Crippen LogP contribution in [-0.2, 0) is 6.18 Å². The monoisotopic (exact) mass is 281 g/mol. The van der Waals surface area contributed by atoms with Crippen molar-refractivity contribution in [2.75, 3.05) is 16.8 Å². The average Bonchev–Trinajstić information content (AvgIpc) is 2.72. The van der Waals surface area contributed by atoms with Crippen LogP contribution in [0.15, 0.2) is 18.2 Å². The van der Waals surface area contributed by atoms with Crippen molar-refractivity contribution in [2.45, 2.75) is 18.6 Å². The predicted octanol–water partition coefficient (Wildman–Crippen LogP) is 4.28. The summed E-state index contributed by atoms with van der Waals surface area (Å²) < 4.78 is 37.6. The summed E-state index contributed by atoms with van der Waals surface area (Å²) >= 11 is 7.68. The molecule has 1 aliphatic heterocycles. The van der Waals surface area contributed by atoms with Crippen molar-refractivity contribution in [1.29, 1.82) is 0 Å². The molecule has 17 heavy (non-hydrogen) atoms. The second kappa shape index (κ2) is 4.98. The molecule has 1 fully saturated rings. The first kappa shape index (κ1) is 12.9. The van der Waals surface area contributed by atoms with Crippen molar-refractivity contribution in [3.05, 3.63) is 28.8 Å². The van der Waals surface area contributed by atoms with Crippen molar-refractivity contribution in [3.8, 4) is 0 Å². The number of benzene rings is 1. The summed E-state index contributed by atoms with van der Waals surface area (Å²) in [6.07, 6.45) is -3.37. The molecule has 0 amide bonds. The molecule has 94 valence electrons. The van der Waals surface area contributed by atoms with E-state index in [1.165, 1.54) is 6.07 Å². The van der Waals surface area contributed by atoms with Gasteiger partial charge in [-0.05, 0) is 30.4 Å². The van der Waals surface area contributed by atoms with E-state index in [4.69, 9.17) is 11.6 Å². The van der Waals surface area contributed by atoms with Crippen LogP contribution in [0.3, 0.4) is 0 Å². The second-order valence-corrected chi connectivity index (χ2v) is 5.45. The molecule has 1 N–H and O–H groups in total. The standard InChI is InChI=1S/C11H11ClF3NS/c12-9-2-1-7(11(13,14)15)5-10(9)16-8-3-4-17-6-8/h1-2,5,8,16H,3-4,6H2. The molecule has 1 heterocycles. The van der Waals surface area contributed by atoms with Gasteiger partial charge in [-0.1, -0.05) is 11.6 Å². The summed E-state index contributed by atoms with van der Waals surface area (Å²) in [5, 5.41) is 3.40. The van der Waals surface area contributed by atoms with Crippen LogP contribution < -0.4 is 5.32 Å². The highest BCUT2D eigenvalue weighted by atomic mass is 35.5. The maximum Gasteiger partial charge on any atom is 0.416 e. The van der Waals surface area contributed by atoms with Crippen LogP contribution in [0.25, 0.3) is 0 Å². The maximum absolute atomic E-state index is 12.5. The summed E-state index contributed by atoms with van der Waals surface area (Å²) in [4.78, 5) is 0. The molecule has 0 aliphatic carbocycles. The minimum absolute atomic E-state index is 0.209. The molecule has 2 rings (SSSR count). The van der Waals surface area contributed by atoms with E-state index in [2.05, 4.69) is 5.32 Å². The highest BCUT2D eigenvalue weighted by molar-refractivity contribution is 7.99. The normalized spacial score (nSPS) is 20.6. The zero-order chi connectivity index (χ0) is 12.5. The van der Waals surface area contributed by atoms with Crippen LogP contribution in [0.2, 0.25) is 5.02 Å². The molecule has 0 bridgehead atoms. The third-order valence-electron chi connectivity index (χ3n) is 2.58. The van der Waals surface area contributed by atoms with E-state index in [0.29, 0.717) is 10.7 Å². The van der Waals surface area contributed by atoms with E-state index in [1.54, 1.807) is 11.8 Å². The number of thioether (sulfide) groups is 1. The lowest BCUT2D eigenvalue weighted by Gasteiger charge is -2.16. The van der Waals surface area contributed by atoms with Gasteiger partial charge in [-0.15, -0.1) is 0 Å². The molecule has 1 atom stereocenters. The Hall–Kier alpha value is -0.550. The lowest BCUT2D eigenvalue weighted by atomic mass is 10.1. The number of hydrogen-bond acceptors (Lipinski definition) is 2. The molecule has 1 aromatic carbocycles. The number of rotatable bonds is 2. The van der Waals surface area contributed by atoms with Gasteiger partial charge < -0.3 is 5.32 Å². The number of anilines is 1. The van der Waals surface area contributed by atoms with Gasteiger partial charge in [0.05, 0.1) is 16.3 Å². The summed E-state index contributed by atoms with van der Waals surface area (Å²) in [5.41, 5.74) is -0.302. The van der Waals surface area contributed by atoms with Crippen LogP contribution in [0.5, 0.6) is 0 Å². The van der Waals surface area contributed by atoms with Crippen molar-refractivity contribution in [2.24, 2.45) is 0 Å². The largest absolute Gasteiger partial charge is 0.416 e.